The molecule has 0 bridgehead atoms. The molecule has 1 aromatic carbocycles. The zero-order chi connectivity index (χ0) is 14.2. The van der Waals surface area contributed by atoms with E-state index in [1.807, 2.05) is 18.2 Å². The van der Waals surface area contributed by atoms with E-state index < -0.39 is 0 Å². The van der Waals surface area contributed by atoms with Gasteiger partial charge in [0, 0.05) is 34.3 Å². The predicted octanol–water partition coefficient (Wildman–Crippen LogP) is 3.53. The van der Waals surface area contributed by atoms with E-state index in [1.165, 1.54) is 3.57 Å². The maximum atomic E-state index is 6.53. The average molecular weight is 408 g/mol. The van der Waals surface area contributed by atoms with E-state index in [-0.39, 0.29) is 11.6 Å². The van der Waals surface area contributed by atoms with Gasteiger partial charge in [0.05, 0.1) is 12.2 Å². The summed E-state index contributed by atoms with van der Waals surface area (Å²) in [6.45, 7) is 2.29. The molecule has 1 spiro atoms. The van der Waals surface area contributed by atoms with Crippen LogP contribution < -0.4 is 5.73 Å². The van der Waals surface area contributed by atoms with Gasteiger partial charge in [-0.1, -0.05) is 11.6 Å². The number of hydrogen-bond acceptors (Lipinski definition) is 3. The lowest BCUT2D eigenvalue weighted by molar-refractivity contribution is -0.101. The van der Waals surface area contributed by atoms with Crippen molar-refractivity contribution in [1.82, 2.24) is 0 Å². The molecular formula is C15H19ClINO2. The van der Waals surface area contributed by atoms with Crippen LogP contribution in [0.25, 0.3) is 0 Å². The van der Waals surface area contributed by atoms with Crippen LogP contribution in [0.4, 0.5) is 0 Å². The molecule has 0 radical (unpaired) electrons. The van der Waals surface area contributed by atoms with Gasteiger partial charge in [0.25, 0.3) is 0 Å². The second kappa shape index (κ2) is 6.08. The molecule has 0 aliphatic carbocycles. The highest BCUT2D eigenvalue weighted by atomic mass is 127. The molecular weight excluding hydrogens is 389 g/mol. The van der Waals surface area contributed by atoms with Gasteiger partial charge in [-0.25, -0.2) is 0 Å². The van der Waals surface area contributed by atoms with Crippen molar-refractivity contribution in [2.45, 2.75) is 30.9 Å². The van der Waals surface area contributed by atoms with Gasteiger partial charge < -0.3 is 15.2 Å². The van der Waals surface area contributed by atoms with Gasteiger partial charge in [0.2, 0.25) is 0 Å². The molecule has 5 heteroatoms. The first-order valence-corrected chi connectivity index (χ1v) is 8.48. The Bertz CT molecular complexity index is 491. The Balaban J connectivity index is 1.79. The van der Waals surface area contributed by atoms with E-state index in [9.17, 15) is 0 Å². The first-order chi connectivity index (χ1) is 9.60. The van der Waals surface area contributed by atoms with Crippen molar-refractivity contribution in [3.63, 3.8) is 0 Å². The zero-order valence-corrected chi connectivity index (χ0v) is 14.2. The number of halogens is 2. The van der Waals surface area contributed by atoms with Gasteiger partial charge in [-0.3, -0.25) is 0 Å². The molecule has 20 heavy (non-hydrogen) atoms. The second-order valence-electron chi connectivity index (χ2n) is 5.78. The van der Waals surface area contributed by atoms with E-state index in [1.54, 1.807) is 0 Å². The molecule has 3 rings (SSSR count). The molecule has 2 aliphatic heterocycles. The molecule has 3 nitrogen and oxygen atoms in total. The quantitative estimate of drug-likeness (QED) is 0.763. The van der Waals surface area contributed by atoms with Crippen molar-refractivity contribution >= 4 is 34.2 Å². The molecule has 0 saturated carbocycles. The molecule has 3 atom stereocenters. The van der Waals surface area contributed by atoms with Gasteiger partial charge in [-0.2, -0.15) is 0 Å². The molecule has 0 aromatic heterocycles. The van der Waals surface area contributed by atoms with Crippen LogP contribution in [0.3, 0.4) is 0 Å². The Morgan fingerprint density at radius 3 is 3.00 bits per heavy atom. The van der Waals surface area contributed by atoms with Crippen LogP contribution in [0.2, 0.25) is 5.02 Å². The highest BCUT2D eigenvalue weighted by Gasteiger charge is 2.42. The SMILES string of the molecule is NC(c1cc(Cl)ccc1I)C1CCOC2(CCOC2)C1. The average Bonchev–Trinajstić information content (AvgIpc) is 2.88. The number of nitrogens with two attached hydrogens (primary N) is 1. The summed E-state index contributed by atoms with van der Waals surface area (Å²) < 4.78 is 12.7. The lowest BCUT2D eigenvalue weighted by atomic mass is 9.79. The fraction of sp³-hybridized carbons (Fsp3) is 0.600. The lowest BCUT2D eigenvalue weighted by Crippen LogP contribution is -2.43. The maximum absolute atomic E-state index is 6.53. The summed E-state index contributed by atoms with van der Waals surface area (Å²) in [5.41, 5.74) is 7.59. The number of rotatable bonds is 2. The van der Waals surface area contributed by atoms with Crippen LogP contribution in [0.15, 0.2) is 18.2 Å². The highest BCUT2D eigenvalue weighted by Crippen LogP contribution is 2.41. The van der Waals surface area contributed by atoms with Crippen molar-refractivity contribution in [3.8, 4) is 0 Å². The standard InChI is InChI=1S/C15H19ClINO2/c16-11-1-2-13(17)12(7-11)14(18)10-3-5-20-15(8-10)4-6-19-9-15/h1-2,7,10,14H,3-6,8-9,18H2. The minimum atomic E-state index is -0.0927. The topological polar surface area (TPSA) is 44.5 Å². The zero-order valence-electron chi connectivity index (χ0n) is 11.3. The van der Waals surface area contributed by atoms with E-state index in [4.69, 9.17) is 26.8 Å². The Labute approximate surface area is 138 Å². The van der Waals surface area contributed by atoms with Crippen LogP contribution in [0, 0.1) is 9.49 Å². The number of ether oxygens (including phenoxy) is 2. The van der Waals surface area contributed by atoms with Gasteiger partial charge in [0.1, 0.15) is 0 Å². The Morgan fingerprint density at radius 1 is 1.40 bits per heavy atom. The summed E-state index contributed by atoms with van der Waals surface area (Å²) in [7, 11) is 0. The van der Waals surface area contributed by atoms with Gasteiger partial charge in [-0.05, 0) is 65.1 Å². The molecule has 2 aliphatic rings. The first kappa shape index (κ1) is 15.0. The summed E-state index contributed by atoms with van der Waals surface area (Å²) in [5.74, 6) is 0.428. The predicted molar refractivity (Wildman–Crippen MR) is 87.9 cm³/mol. The monoisotopic (exact) mass is 407 g/mol. The first-order valence-electron chi connectivity index (χ1n) is 7.02. The summed E-state index contributed by atoms with van der Waals surface area (Å²) in [6.07, 6.45) is 2.98. The molecule has 2 N–H and O–H groups in total. The van der Waals surface area contributed by atoms with Gasteiger partial charge in [-0.15, -0.1) is 0 Å². The lowest BCUT2D eigenvalue weighted by Gasteiger charge is -2.39. The largest absolute Gasteiger partial charge is 0.378 e. The Morgan fingerprint density at radius 2 is 2.25 bits per heavy atom. The smallest absolute Gasteiger partial charge is 0.0940 e. The second-order valence-corrected chi connectivity index (χ2v) is 7.38. The van der Waals surface area contributed by atoms with Gasteiger partial charge >= 0.3 is 0 Å². The van der Waals surface area contributed by atoms with Crippen molar-refractivity contribution in [2.75, 3.05) is 19.8 Å². The van der Waals surface area contributed by atoms with Crippen LogP contribution in [-0.4, -0.2) is 25.4 Å². The van der Waals surface area contributed by atoms with Gasteiger partial charge in [0.15, 0.2) is 0 Å². The van der Waals surface area contributed by atoms with Crippen molar-refractivity contribution < 1.29 is 9.47 Å². The Kier molecular flexibility index (Phi) is 4.57. The minimum absolute atomic E-state index is 0.0157. The van der Waals surface area contributed by atoms with Crippen LogP contribution in [0.1, 0.15) is 30.9 Å². The molecule has 3 unspecified atom stereocenters. The van der Waals surface area contributed by atoms with Crippen LogP contribution in [0.5, 0.6) is 0 Å². The molecule has 2 fully saturated rings. The van der Waals surface area contributed by atoms with Crippen molar-refractivity contribution in [1.29, 1.82) is 0 Å². The summed E-state index contributed by atoms with van der Waals surface area (Å²) in [6, 6.07) is 5.96. The van der Waals surface area contributed by atoms with Crippen LogP contribution >= 0.6 is 34.2 Å². The van der Waals surface area contributed by atoms with Crippen molar-refractivity contribution in [2.24, 2.45) is 11.7 Å². The molecule has 1 aromatic rings. The Hall–Kier alpha value is 0.120. The number of benzene rings is 1. The molecule has 0 amide bonds. The fourth-order valence-corrected chi connectivity index (χ4v) is 4.14. The summed E-state index contributed by atoms with van der Waals surface area (Å²) in [4.78, 5) is 0. The molecule has 2 saturated heterocycles. The highest BCUT2D eigenvalue weighted by molar-refractivity contribution is 14.1. The molecule has 2 heterocycles. The van der Waals surface area contributed by atoms with Crippen molar-refractivity contribution in [3.05, 3.63) is 32.4 Å². The normalized spacial score (nSPS) is 31.6. The third-order valence-corrected chi connectivity index (χ3v) is 5.64. The minimum Gasteiger partial charge on any atom is -0.378 e. The van der Waals surface area contributed by atoms with E-state index in [2.05, 4.69) is 22.6 Å². The van der Waals surface area contributed by atoms with E-state index in [0.717, 1.165) is 43.1 Å². The molecule has 110 valence electrons. The summed E-state index contributed by atoms with van der Waals surface area (Å²) >= 11 is 8.45. The van der Waals surface area contributed by atoms with E-state index in [0.29, 0.717) is 12.5 Å². The maximum Gasteiger partial charge on any atom is 0.0940 e. The fourth-order valence-electron chi connectivity index (χ4n) is 3.26. The third kappa shape index (κ3) is 2.99. The summed E-state index contributed by atoms with van der Waals surface area (Å²) in [5, 5.41) is 0.752. The van der Waals surface area contributed by atoms with Crippen LogP contribution in [-0.2, 0) is 9.47 Å². The van der Waals surface area contributed by atoms with E-state index >= 15 is 0 Å². The third-order valence-electron chi connectivity index (χ3n) is 4.42. The number of hydrogen-bond donors (Lipinski definition) is 1.